The molecule has 0 radical (unpaired) electrons. The Hall–Kier alpha value is -0.870. The Morgan fingerprint density at radius 3 is 2.90 bits per heavy atom. The minimum Gasteiger partial charge on any atom is -0.298 e. The Kier molecular flexibility index (Phi) is 2.03. The molecule has 0 aliphatic carbocycles. The summed E-state index contributed by atoms with van der Waals surface area (Å²) in [5.74, 6) is 4.87. The molecule has 56 valence electrons. The molecular weight excluding hydrogens is 130 g/mol. The van der Waals surface area contributed by atoms with Crippen LogP contribution in [-0.4, -0.2) is 9.78 Å². The third-order valence-electron chi connectivity index (χ3n) is 1.40. The number of aromatic nitrogens is 2. The SMILES string of the molecule is Cc1cc(CON)nn1C. The van der Waals surface area contributed by atoms with Gasteiger partial charge in [0.2, 0.25) is 0 Å². The van der Waals surface area contributed by atoms with Gasteiger partial charge in [0, 0.05) is 12.7 Å². The summed E-state index contributed by atoms with van der Waals surface area (Å²) in [7, 11) is 1.88. The zero-order chi connectivity index (χ0) is 7.56. The monoisotopic (exact) mass is 141 g/mol. The maximum atomic E-state index is 4.87. The second-order valence-corrected chi connectivity index (χ2v) is 2.21. The second kappa shape index (κ2) is 2.81. The van der Waals surface area contributed by atoms with Gasteiger partial charge < -0.3 is 0 Å². The molecule has 0 saturated carbocycles. The van der Waals surface area contributed by atoms with E-state index in [9.17, 15) is 0 Å². The van der Waals surface area contributed by atoms with E-state index in [4.69, 9.17) is 5.90 Å². The fraction of sp³-hybridized carbons (Fsp3) is 0.500. The molecule has 1 aromatic heterocycles. The fourth-order valence-corrected chi connectivity index (χ4v) is 0.791. The third-order valence-corrected chi connectivity index (χ3v) is 1.40. The summed E-state index contributed by atoms with van der Waals surface area (Å²) in [6, 6.07) is 1.94. The van der Waals surface area contributed by atoms with Crippen molar-refractivity contribution in [2.24, 2.45) is 12.9 Å². The zero-order valence-electron chi connectivity index (χ0n) is 6.16. The summed E-state index contributed by atoms with van der Waals surface area (Å²) in [5.41, 5.74) is 1.97. The maximum Gasteiger partial charge on any atom is 0.112 e. The summed E-state index contributed by atoms with van der Waals surface area (Å²) in [6.07, 6.45) is 0. The largest absolute Gasteiger partial charge is 0.298 e. The van der Waals surface area contributed by atoms with Crippen LogP contribution in [0.3, 0.4) is 0 Å². The first-order valence-electron chi connectivity index (χ1n) is 3.05. The van der Waals surface area contributed by atoms with Crippen molar-refractivity contribution in [3.63, 3.8) is 0 Å². The van der Waals surface area contributed by atoms with Crippen molar-refractivity contribution in [3.05, 3.63) is 17.5 Å². The van der Waals surface area contributed by atoms with Gasteiger partial charge in [-0.1, -0.05) is 0 Å². The first-order chi connectivity index (χ1) is 4.74. The standard InChI is InChI=1S/C6H11N3O/c1-5-3-6(4-10-7)8-9(5)2/h3H,4,7H2,1-2H3. The van der Waals surface area contributed by atoms with Gasteiger partial charge in [0.1, 0.15) is 6.61 Å². The molecule has 2 N–H and O–H groups in total. The lowest BCUT2D eigenvalue weighted by Gasteiger charge is -1.90. The van der Waals surface area contributed by atoms with Crippen LogP contribution in [0.5, 0.6) is 0 Å². The highest BCUT2D eigenvalue weighted by Gasteiger charge is 1.98. The topological polar surface area (TPSA) is 53.1 Å². The fourth-order valence-electron chi connectivity index (χ4n) is 0.791. The van der Waals surface area contributed by atoms with Crippen LogP contribution in [0.2, 0.25) is 0 Å². The van der Waals surface area contributed by atoms with E-state index in [-0.39, 0.29) is 0 Å². The Balaban J connectivity index is 2.77. The van der Waals surface area contributed by atoms with E-state index in [2.05, 4.69) is 9.94 Å². The van der Waals surface area contributed by atoms with E-state index in [1.54, 1.807) is 4.68 Å². The van der Waals surface area contributed by atoms with E-state index < -0.39 is 0 Å². The summed E-state index contributed by atoms with van der Waals surface area (Å²) >= 11 is 0. The average molecular weight is 141 g/mol. The predicted octanol–water partition coefficient (Wildman–Crippen LogP) is 0.119. The summed E-state index contributed by atoms with van der Waals surface area (Å²) in [5, 5.41) is 4.11. The lowest BCUT2D eigenvalue weighted by molar-refractivity contribution is 0.121. The van der Waals surface area contributed by atoms with Crippen LogP contribution in [0.25, 0.3) is 0 Å². The minimum absolute atomic E-state index is 0.377. The molecule has 4 heteroatoms. The first kappa shape index (κ1) is 7.24. The van der Waals surface area contributed by atoms with Crippen LogP contribution >= 0.6 is 0 Å². The van der Waals surface area contributed by atoms with Crippen LogP contribution in [0.15, 0.2) is 6.07 Å². The molecule has 0 amide bonds. The van der Waals surface area contributed by atoms with Crippen LogP contribution in [0.1, 0.15) is 11.4 Å². The number of nitrogens with zero attached hydrogens (tertiary/aromatic N) is 2. The molecule has 0 aromatic carbocycles. The van der Waals surface area contributed by atoms with Crippen molar-refractivity contribution < 1.29 is 4.84 Å². The summed E-state index contributed by atoms with van der Waals surface area (Å²) in [4.78, 5) is 4.42. The van der Waals surface area contributed by atoms with E-state index in [1.165, 1.54) is 0 Å². The molecule has 0 bridgehead atoms. The molecule has 0 saturated heterocycles. The summed E-state index contributed by atoms with van der Waals surface area (Å²) in [6.45, 7) is 2.36. The lowest BCUT2D eigenvalue weighted by atomic mass is 10.4. The van der Waals surface area contributed by atoms with Crippen molar-refractivity contribution in [1.29, 1.82) is 0 Å². The van der Waals surface area contributed by atoms with Crippen LogP contribution in [0.4, 0.5) is 0 Å². The molecule has 0 unspecified atom stereocenters. The Labute approximate surface area is 59.5 Å². The van der Waals surface area contributed by atoms with Crippen molar-refractivity contribution in [2.75, 3.05) is 0 Å². The Bertz CT molecular complexity index is 199. The molecule has 0 aliphatic heterocycles. The molecule has 10 heavy (non-hydrogen) atoms. The quantitative estimate of drug-likeness (QED) is 0.595. The van der Waals surface area contributed by atoms with Gasteiger partial charge in [-0.3, -0.25) is 9.52 Å². The molecule has 4 nitrogen and oxygen atoms in total. The van der Waals surface area contributed by atoms with Gasteiger partial charge in [-0.15, -0.1) is 0 Å². The molecule has 0 atom stereocenters. The van der Waals surface area contributed by atoms with Gasteiger partial charge in [-0.25, -0.2) is 5.90 Å². The van der Waals surface area contributed by atoms with E-state index >= 15 is 0 Å². The van der Waals surface area contributed by atoms with E-state index in [1.807, 2.05) is 20.0 Å². The van der Waals surface area contributed by atoms with Crippen molar-refractivity contribution >= 4 is 0 Å². The molecule has 1 heterocycles. The highest BCUT2D eigenvalue weighted by molar-refractivity contribution is 5.06. The minimum atomic E-state index is 0.377. The third kappa shape index (κ3) is 1.34. The van der Waals surface area contributed by atoms with Crippen LogP contribution < -0.4 is 5.90 Å². The molecule has 1 rings (SSSR count). The van der Waals surface area contributed by atoms with E-state index in [0.717, 1.165) is 11.4 Å². The Morgan fingerprint density at radius 1 is 1.80 bits per heavy atom. The Morgan fingerprint density at radius 2 is 2.50 bits per heavy atom. The number of hydrogen-bond acceptors (Lipinski definition) is 3. The molecular formula is C6H11N3O. The van der Waals surface area contributed by atoms with Crippen molar-refractivity contribution in [1.82, 2.24) is 9.78 Å². The predicted molar refractivity (Wildman–Crippen MR) is 36.9 cm³/mol. The number of aryl methyl sites for hydroxylation is 2. The van der Waals surface area contributed by atoms with Crippen molar-refractivity contribution in [2.45, 2.75) is 13.5 Å². The van der Waals surface area contributed by atoms with Gasteiger partial charge >= 0.3 is 0 Å². The first-order valence-corrected chi connectivity index (χ1v) is 3.05. The molecule has 0 fully saturated rings. The highest BCUT2D eigenvalue weighted by Crippen LogP contribution is 2.00. The number of nitrogens with two attached hydrogens (primary N) is 1. The number of hydrogen-bond donors (Lipinski definition) is 1. The van der Waals surface area contributed by atoms with Gasteiger partial charge in [0.05, 0.1) is 5.69 Å². The lowest BCUT2D eigenvalue weighted by Crippen LogP contribution is -2.00. The molecule has 1 aromatic rings. The normalized spacial score (nSPS) is 10.3. The zero-order valence-corrected chi connectivity index (χ0v) is 6.16. The highest BCUT2D eigenvalue weighted by atomic mass is 16.6. The second-order valence-electron chi connectivity index (χ2n) is 2.21. The molecule has 0 aliphatic rings. The maximum absolute atomic E-state index is 4.87. The van der Waals surface area contributed by atoms with Crippen LogP contribution in [-0.2, 0) is 18.5 Å². The van der Waals surface area contributed by atoms with E-state index in [0.29, 0.717) is 6.61 Å². The van der Waals surface area contributed by atoms with Crippen molar-refractivity contribution in [3.8, 4) is 0 Å². The summed E-state index contributed by atoms with van der Waals surface area (Å²) < 4.78 is 1.79. The van der Waals surface area contributed by atoms with Gasteiger partial charge in [0.15, 0.2) is 0 Å². The van der Waals surface area contributed by atoms with Crippen LogP contribution in [0, 0.1) is 6.92 Å². The van der Waals surface area contributed by atoms with Gasteiger partial charge in [0.25, 0.3) is 0 Å². The number of rotatable bonds is 2. The van der Waals surface area contributed by atoms with Gasteiger partial charge in [-0.2, -0.15) is 5.10 Å². The van der Waals surface area contributed by atoms with Gasteiger partial charge in [-0.05, 0) is 13.0 Å². The average Bonchev–Trinajstić information content (AvgIpc) is 2.14. The molecule has 0 spiro atoms. The smallest absolute Gasteiger partial charge is 0.112 e.